The molecule has 2 amide bonds. The van der Waals surface area contributed by atoms with E-state index in [9.17, 15) is 18.0 Å². The van der Waals surface area contributed by atoms with E-state index in [2.05, 4.69) is 5.32 Å². The van der Waals surface area contributed by atoms with E-state index in [0.717, 1.165) is 26.6 Å². The van der Waals surface area contributed by atoms with Crippen LogP contribution in [0.2, 0.25) is 0 Å². The Hall–Kier alpha value is -3.65. The van der Waals surface area contributed by atoms with E-state index in [0.29, 0.717) is 5.69 Å². The molecule has 0 radical (unpaired) electrons. The molecule has 0 aliphatic rings. The number of nitrogens with zero attached hydrogens (tertiary/aromatic N) is 2. The normalized spacial score (nSPS) is 12.2. The van der Waals surface area contributed by atoms with Crippen LogP contribution in [0.15, 0.2) is 77.7 Å². The molecule has 0 aliphatic carbocycles. The summed E-state index contributed by atoms with van der Waals surface area (Å²) >= 11 is 0. The number of hydrogen-bond donors (Lipinski definition) is 1. The molecule has 0 aliphatic heterocycles. The number of anilines is 1. The maximum Gasteiger partial charge on any atom is 0.264 e. The van der Waals surface area contributed by atoms with Gasteiger partial charge in [-0.3, -0.25) is 13.9 Å². The van der Waals surface area contributed by atoms with E-state index in [1.54, 1.807) is 31.2 Å². The van der Waals surface area contributed by atoms with Gasteiger partial charge >= 0.3 is 0 Å². The summed E-state index contributed by atoms with van der Waals surface area (Å²) in [5.74, 6) is -0.776. The number of aryl methyl sites for hydroxylation is 3. The van der Waals surface area contributed by atoms with E-state index in [-0.39, 0.29) is 23.4 Å². The van der Waals surface area contributed by atoms with Crippen LogP contribution in [0, 0.1) is 20.8 Å². The average Bonchev–Trinajstić information content (AvgIpc) is 2.86. The first-order chi connectivity index (χ1) is 17.9. The summed E-state index contributed by atoms with van der Waals surface area (Å²) in [6, 6.07) is 20.3. The summed E-state index contributed by atoms with van der Waals surface area (Å²) < 4.78 is 28.9. The van der Waals surface area contributed by atoms with Crippen LogP contribution in [-0.4, -0.2) is 43.8 Å². The Kier molecular flexibility index (Phi) is 9.33. The molecule has 3 aromatic rings. The predicted molar refractivity (Wildman–Crippen MR) is 151 cm³/mol. The molecule has 0 bridgehead atoms. The smallest absolute Gasteiger partial charge is 0.264 e. The van der Waals surface area contributed by atoms with Crippen molar-refractivity contribution in [1.82, 2.24) is 10.2 Å². The van der Waals surface area contributed by atoms with Crippen LogP contribution in [0.3, 0.4) is 0 Å². The minimum absolute atomic E-state index is 0.0867. The average molecular weight is 536 g/mol. The lowest BCUT2D eigenvalue weighted by Crippen LogP contribution is -2.52. The second kappa shape index (κ2) is 12.3. The van der Waals surface area contributed by atoms with Crippen molar-refractivity contribution in [2.75, 3.05) is 10.8 Å². The number of amides is 2. The first-order valence-corrected chi connectivity index (χ1v) is 14.1. The molecule has 3 aromatic carbocycles. The van der Waals surface area contributed by atoms with Crippen molar-refractivity contribution in [3.05, 3.63) is 95.1 Å². The number of carbonyl (C=O) groups is 2. The molecular weight excluding hydrogens is 498 g/mol. The van der Waals surface area contributed by atoms with Gasteiger partial charge in [-0.05, 0) is 70.9 Å². The van der Waals surface area contributed by atoms with Crippen molar-refractivity contribution in [3.63, 3.8) is 0 Å². The van der Waals surface area contributed by atoms with Gasteiger partial charge < -0.3 is 10.2 Å². The third-order valence-electron chi connectivity index (χ3n) is 6.26. The lowest BCUT2D eigenvalue weighted by molar-refractivity contribution is -0.139. The Morgan fingerprint density at radius 3 is 2.11 bits per heavy atom. The Bertz CT molecular complexity index is 1390. The molecule has 1 N–H and O–H groups in total. The minimum atomic E-state index is -4.08. The van der Waals surface area contributed by atoms with Crippen molar-refractivity contribution in [2.45, 2.75) is 65.1 Å². The number of benzene rings is 3. The van der Waals surface area contributed by atoms with Gasteiger partial charge in [0.15, 0.2) is 0 Å². The molecule has 0 saturated heterocycles. The standard InChI is InChI=1S/C30H37N3O4S/c1-21(2)31-30(35)25(6)32(19-26-12-10-11-22(3)18-26)29(34)20-33(28-16-15-23(4)17-24(28)5)38(36,37)27-13-8-7-9-14-27/h7-18,21,25H,19-20H2,1-6H3,(H,31,35)/t25-/m1/s1. The van der Waals surface area contributed by atoms with Gasteiger partial charge in [-0.25, -0.2) is 8.42 Å². The van der Waals surface area contributed by atoms with Gasteiger partial charge in [0.2, 0.25) is 11.8 Å². The van der Waals surface area contributed by atoms with Crippen LogP contribution < -0.4 is 9.62 Å². The predicted octanol–water partition coefficient (Wildman–Crippen LogP) is 4.75. The highest BCUT2D eigenvalue weighted by molar-refractivity contribution is 7.92. The zero-order valence-electron chi connectivity index (χ0n) is 22.9. The molecule has 202 valence electrons. The van der Waals surface area contributed by atoms with Gasteiger partial charge in [-0.1, -0.05) is 65.7 Å². The van der Waals surface area contributed by atoms with Crippen LogP contribution in [0.5, 0.6) is 0 Å². The van der Waals surface area contributed by atoms with Gasteiger partial charge in [-0.15, -0.1) is 0 Å². The monoisotopic (exact) mass is 535 g/mol. The van der Waals surface area contributed by atoms with Crippen molar-refractivity contribution in [2.24, 2.45) is 0 Å². The van der Waals surface area contributed by atoms with Crippen molar-refractivity contribution < 1.29 is 18.0 Å². The lowest BCUT2D eigenvalue weighted by Gasteiger charge is -2.33. The van der Waals surface area contributed by atoms with Gasteiger partial charge in [-0.2, -0.15) is 0 Å². The van der Waals surface area contributed by atoms with E-state index in [4.69, 9.17) is 0 Å². The van der Waals surface area contributed by atoms with Gasteiger partial charge in [0, 0.05) is 12.6 Å². The van der Waals surface area contributed by atoms with E-state index in [1.165, 1.54) is 17.0 Å². The third-order valence-corrected chi connectivity index (χ3v) is 8.04. The van der Waals surface area contributed by atoms with Crippen molar-refractivity contribution in [3.8, 4) is 0 Å². The van der Waals surface area contributed by atoms with E-state index in [1.807, 2.05) is 71.0 Å². The molecule has 0 aromatic heterocycles. The number of sulfonamides is 1. The summed E-state index contributed by atoms with van der Waals surface area (Å²) in [6.45, 7) is 10.8. The van der Waals surface area contributed by atoms with Crippen LogP contribution in [0.4, 0.5) is 5.69 Å². The quantitative estimate of drug-likeness (QED) is 0.406. The maximum absolute atomic E-state index is 13.9. The van der Waals surface area contributed by atoms with Crippen LogP contribution in [0.25, 0.3) is 0 Å². The molecule has 38 heavy (non-hydrogen) atoms. The van der Waals surface area contributed by atoms with Crippen LogP contribution >= 0.6 is 0 Å². The molecule has 8 heteroatoms. The molecule has 0 fully saturated rings. The number of nitrogens with one attached hydrogen (secondary N) is 1. The molecule has 0 heterocycles. The van der Waals surface area contributed by atoms with E-state index >= 15 is 0 Å². The van der Waals surface area contributed by atoms with E-state index < -0.39 is 28.5 Å². The fraction of sp³-hybridized carbons (Fsp3) is 0.333. The number of hydrogen-bond acceptors (Lipinski definition) is 4. The Morgan fingerprint density at radius 1 is 0.842 bits per heavy atom. The highest BCUT2D eigenvalue weighted by Crippen LogP contribution is 2.28. The summed E-state index contributed by atoms with van der Waals surface area (Å²) in [6.07, 6.45) is 0. The summed E-state index contributed by atoms with van der Waals surface area (Å²) in [7, 11) is -4.08. The fourth-order valence-electron chi connectivity index (χ4n) is 4.31. The SMILES string of the molecule is Cc1cccc(CN(C(=O)CN(c2ccc(C)cc2C)S(=O)(=O)c2ccccc2)[C@H](C)C(=O)NC(C)C)c1. The lowest BCUT2D eigenvalue weighted by atomic mass is 10.1. The largest absolute Gasteiger partial charge is 0.352 e. The zero-order valence-corrected chi connectivity index (χ0v) is 23.7. The highest BCUT2D eigenvalue weighted by Gasteiger charge is 2.33. The van der Waals surface area contributed by atoms with Gasteiger partial charge in [0.25, 0.3) is 10.0 Å². The molecule has 7 nitrogen and oxygen atoms in total. The molecule has 0 spiro atoms. The number of rotatable bonds is 10. The molecule has 1 atom stereocenters. The summed E-state index contributed by atoms with van der Waals surface area (Å²) in [5, 5.41) is 2.87. The molecule has 0 unspecified atom stereocenters. The summed E-state index contributed by atoms with van der Waals surface area (Å²) in [4.78, 5) is 28.5. The van der Waals surface area contributed by atoms with Crippen LogP contribution in [-0.2, 0) is 26.2 Å². The third kappa shape index (κ3) is 7.01. The molecule has 0 saturated carbocycles. The zero-order chi connectivity index (χ0) is 28.0. The fourth-order valence-corrected chi connectivity index (χ4v) is 5.81. The van der Waals surface area contributed by atoms with Crippen LogP contribution in [0.1, 0.15) is 43.0 Å². The summed E-state index contributed by atoms with van der Waals surface area (Å²) in [5.41, 5.74) is 4.01. The topological polar surface area (TPSA) is 86.8 Å². The highest BCUT2D eigenvalue weighted by atomic mass is 32.2. The Morgan fingerprint density at radius 2 is 1.50 bits per heavy atom. The van der Waals surface area contributed by atoms with Gasteiger partial charge in [0.05, 0.1) is 10.6 Å². The van der Waals surface area contributed by atoms with Crippen molar-refractivity contribution >= 4 is 27.5 Å². The first-order valence-electron chi connectivity index (χ1n) is 12.7. The Balaban J connectivity index is 2.06. The number of carbonyl (C=O) groups excluding carboxylic acids is 2. The van der Waals surface area contributed by atoms with Gasteiger partial charge in [0.1, 0.15) is 12.6 Å². The molecule has 3 rings (SSSR count). The first kappa shape index (κ1) is 28.9. The second-order valence-corrected chi connectivity index (χ2v) is 11.8. The second-order valence-electron chi connectivity index (χ2n) is 9.96. The minimum Gasteiger partial charge on any atom is -0.352 e. The van der Waals surface area contributed by atoms with Crippen molar-refractivity contribution in [1.29, 1.82) is 0 Å². The molecular formula is C30H37N3O4S. The maximum atomic E-state index is 13.9. The Labute approximate surface area is 226 Å².